The van der Waals surface area contributed by atoms with Crippen molar-refractivity contribution >= 4 is 0 Å². The van der Waals surface area contributed by atoms with E-state index in [0.29, 0.717) is 0 Å². The van der Waals surface area contributed by atoms with Crippen LogP contribution in [0.4, 0.5) is 0 Å². The lowest BCUT2D eigenvalue weighted by molar-refractivity contribution is 0.0949. The molecule has 1 aliphatic heterocycles. The molecule has 0 amide bonds. The molecule has 2 unspecified atom stereocenters. The largest absolute Gasteiger partial charge is 0.298 e. The maximum atomic E-state index is 2.72. The van der Waals surface area contributed by atoms with E-state index in [4.69, 9.17) is 0 Å². The van der Waals surface area contributed by atoms with Gasteiger partial charge in [-0.3, -0.25) is 4.90 Å². The average molecular weight is 318 g/mol. The SMILES string of the molecule is CCC.Cc1ccc(C(C)(C)CCN2C(C)CCCC2C)cc1. The molecule has 0 bridgehead atoms. The zero-order chi connectivity index (χ0) is 17.5. The second-order valence-electron chi connectivity index (χ2n) is 8.07. The topological polar surface area (TPSA) is 3.24 Å². The maximum absolute atomic E-state index is 2.72. The second-order valence-corrected chi connectivity index (χ2v) is 8.07. The highest BCUT2D eigenvalue weighted by Crippen LogP contribution is 2.30. The average Bonchev–Trinajstić information content (AvgIpc) is 2.48. The van der Waals surface area contributed by atoms with E-state index in [1.165, 1.54) is 49.8 Å². The molecular weight excluding hydrogens is 278 g/mol. The smallest absolute Gasteiger partial charge is 0.00697 e. The maximum Gasteiger partial charge on any atom is 0.00697 e. The van der Waals surface area contributed by atoms with Crippen LogP contribution in [0, 0.1) is 6.92 Å². The first-order valence-corrected chi connectivity index (χ1v) is 9.64. The van der Waals surface area contributed by atoms with Gasteiger partial charge < -0.3 is 0 Å². The predicted octanol–water partition coefficient (Wildman–Crippen LogP) is 6.34. The minimum absolute atomic E-state index is 0.268. The molecule has 1 heteroatoms. The van der Waals surface area contributed by atoms with Crippen LogP contribution in [0.15, 0.2) is 24.3 Å². The highest BCUT2D eigenvalue weighted by molar-refractivity contribution is 5.27. The van der Waals surface area contributed by atoms with Gasteiger partial charge in [0, 0.05) is 12.1 Å². The molecule has 0 aromatic heterocycles. The van der Waals surface area contributed by atoms with E-state index in [2.05, 4.69) is 77.6 Å². The number of hydrogen-bond donors (Lipinski definition) is 0. The Morgan fingerprint density at radius 2 is 1.48 bits per heavy atom. The summed E-state index contributed by atoms with van der Waals surface area (Å²) in [6.45, 7) is 17.2. The molecule has 0 aliphatic carbocycles. The summed E-state index contributed by atoms with van der Waals surface area (Å²) in [4.78, 5) is 2.72. The first-order valence-electron chi connectivity index (χ1n) is 9.64. The molecule has 1 nitrogen and oxygen atoms in total. The van der Waals surface area contributed by atoms with Crippen molar-refractivity contribution in [2.24, 2.45) is 0 Å². The Morgan fingerprint density at radius 3 is 1.96 bits per heavy atom. The van der Waals surface area contributed by atoms with E-state index >= 15 is 0 Å². The van der Waals surface area contributed by atoms with Crippen LogP contribution in [0.2, 0.25) is 0 Å². The van der Waals surface area contributed by atoms with Crippen LogP contribution in [-0.4, -0.2) is 23.5 Å². The van der Waals surface area contributed by atoms with Crippen molar-refractivity contribution in [2.75, 3.05) is 6.54 Å². The van der Waals surface area contributed by atoms with Gasteiger partial charge in [-0.2, -0.15) is 0 Å². The Labute approximate surface area is 145 Å². The number of likely N-dealkylation sites (tertiary alicyclic amines) is 1. The quantitative estimate of drug-likeness (QED) is 0.626. The van der Waals surface area contributed by atoms with E-state index in [0.717, 1.165) is 12.1 Å². The normalized spacial score (nSPS) is 22.4. The summed E-state index contributed by atoms with van der Waals surface area (Å²) >= 11 is 0. The number of aryl methyl sites for hydroxylation is 1. The predicted molar refractivity (Wildman–Crippen MR) is 104 cm³/mol. The number of piperidine rings is 1. The third-order valence-electron chi connectivity index (χ3n) is 5.20. The first kappa shape index (κ1) is 20.2. The molecule has 132 valence electrons. The van der Waals surface area contributed by atoms with E-state index in [1.54, 1.807) is 0 Å². The molecule has 1 heterocycles. The van der Waals surface area contributed by atoms with Crippen LogP contribution in [0.3, 0.4) is 0 Å². The Kier molecular flexibility index (Phi) is 8.33. The summed E-state index contributed by atoms with van der Waals surface area (Å²) < 4.78 is 0. The van der Waals surface area contributed by atoms with Crippen LogP contribution in [-0.2, 0) is 5.41 Å². The van der Waals surface area contributed by atoms with Gasteiger partial charge >= 0.3 is 0 Å². The number of rotatable bonds is 4. The molecule has 0 radical (unpaired) electrons. The monoisotopic (exact) mass is 317 g/mol. The first-order chi connectivity index (χ1) is 10.8. The Balaban J connectivity index is 0.000000816. The highest BCUT2D eigenvalue weighted by atomic mass is 15.2. The lowest BCUT2D eigenvalue weighted by atomic mass is 9.80. The van der Waals surface area contributed by atoms with Gasteiger partial charge in [0.15, 0.2) is 0 Å². The second kappa shape index (κ2) is 9.47. The molecule has 1 fully saturated rings. The highest BCUT2D eigenvalue weighted by Gasteiger charge is 2.27. The van der Waals surface area contributed by atoms with Crippen molar-refractivity contribution in [3.63, 3.8) is 0 Å². The van der Waals surface area contributed by atoms with E-state index in [-0.39, 0.29) is 5.41 Å². The summed E-state index contributed by atoms with van der Waals surface area (Å²) in [6, 6.07) is 10.6. The third kappa shape index (κ3) is 6.30. The molecule has 2 rings (SSSR count). The molecule has 1 aliphatic rings. The molecule has 0 N–H and O–H groups in total. The van der Waals surface area contributed by atoms with Crippen LogP contribution in [0.25, 0.3) is 0 Å². The minimum Gasteiger partial charge on any atom is -0.298 e. The van der Waals surface area contributed by atoms with E-state index in [1.807, 2.05) is 0 Å². The van der Waals surface area contributed by atoms with Crippen molar-refractivity contribution < 1.29 is 0 Å². The van der Waals surface area contributed by atoms with Crippen LogP contribution in [0.5, 0.6) is 0 Å². The Hall–Kier alpha value is -0.820. The van der Waals surface area contributed by atoms with Gasteiger partial charge in [-0.05, 0) is 57.6 Å². The molecule has 23 heavy (non-hydrogen) atoms. The minimum atomic E-state index is 0.268. The zero-order valence-electron chi connectivity index (χ0n) is 16.7. The van der Waals surface area contributed by atoms with Crippen LogP contribution < -0.4 is 0 Å². The van der Waals surface area contributed by atoms with Gasteiger partial charge in [-0.1, -0.05) is 70.4 Å². The van der Waals surface area contributed by atoms with Crippen molar-refractivity contribution in [1.82, 2.24) is 4.90 Å². The third-order valence-corrected chi connectivity index (χ3v) is 5.20. The molecule has 1 aromatic carbocycles. The molecule has 1 saturated heterocycles. The fraction of sp³-hybridized carbons (Fsp3) is 0.727. The van der Waals surface area contributed by atoms with Gasteiger partial charge in [0.05, 0.1) is 0 Å². The molecule has 0 spiro atoms. The lowest BCUT2D eigenvalue weighted by Crippen LogP contribution is -2.45. The molecule has 0 saturated carbocycles. The van der Waals surface area contributed by atoms with Gasteiger partial charge in [0.1, 0.15) is 0 Å². The summed E-state index contributed by atoms with van der Waals surface area (Å²) in [5, 5.41) is 0. The molecular formula is C22H39N. The number of hydrogen-bond acceptors (Lipinski definition) is 1. The van der Waals surface area contributed by atoms with Gasteiger partial charge in [0.2, 0.25) is 0 Å². The lowest BCUT2D eigenvalue weighted by Gasteiger charge is -2.40. The van der Waals surface area contributed by atoms with Gasteiger partial charge in [-0.25, -0.2) is 0 Å². The summed E-state index contributed by atoms with van der Waals surface area (Å²) in [5.41, 5.74) is 3.09. The summed E-state index contributed by atoms with van der Waals surface area (Å²) in [6.07, 6.45) is 6.63. The fourth-order valence-electron chi connectivity index (χ4n) is 3.47. The molecule has 2 atom stereocenters. The van der Waals surface area contributed by atoms with Crippen molar-refractivity contribution in [2.45, 2.75) is 98.1 Å². The van der Waals surface area contributed by atoms with Gasteiger partial charge in [0.25, 0.3) is 0 Å². The standard InChI is InChI=1S/C19H31N.C3H8/c1-15-9-11-18(12-10-15)19(4,5)13-14-20-16(2)7-6-8-17(20)3;1-3-2/h9-12,16-17H,6-8,13-14H2,1-5H3;3H2,1-2H3. The van der Waals surface area contributed by atoms with E-state index in [9.17, 15) is 0 Å². The summed E-state index contributed by atoms with van der Waals surface area (Å²) in [7, 11) is 0. The zero-order valence-corrected chi connectivity index (χ0v) is 16.7. The number of nitrogens with zero attached hydrogens (tertiary/aromatic N) is 1. The van der Waals surface area contributed by atoms with Crippen molar-refractivity contribution in [3.05, 3.63) is 35.4 Å². The van der Waals surface area contributed by atoms with E-state index < -0.39 is 0 Å². The van der Waals surface area contributed by atoms with Crippen molar-refractivity contribution in [3.8, 4) is 0 Å². The molecule has 1 aromatic rings. The Morgan fingerprint density at radius 1 is 1.00 bits per heavy atom. The Bertz CT molecular complexity index is 422. The van der Waals surface area contributed by atoms with Gasteiger partial charge in [-0.15, -0.1) is 0 Å². The fourth-order valence-corrected chi connectivity index (χ4v) is 3.47. The number of benzene rings is 1. The summed E-state index contributed by atoms with van der Waals surface area (Å²) in [5.74, 6) is 0. The van der Waals surface area contributed by atoms with Crippen LogP contribution in [0.1, 0.15) is 84.8 Å². The van der Waals surface area contributed by atoms with Crippen molar-refractivity contribution in [1.29, 1.82) is 0 Å². The van der Waals surface area contributed by atoms with Crippen LogP contribution >= 0.6 is 0 Å².